The summed E-state index contributed by atoms with van der Waals surface area (Å²) in [4.78, 5) is 8.38. The Bertz CT molecular complexity index is 711. The third-order valence-electron chi connectivity index (χ3n) is 4.28. The van der Waals surface area contributed by atoms with E-state index in [4.69, 9.17) is 0 Å². The van der Waals surface area contributed by atoms with E-state index in [1.165, 1.54) is 23.4 Å². The number of likely N-dealkylation sites (tertiary alicyclic amines) is 1. The van der Waals surface area contributed by atoms with Gasteiger partial charge in [0.25, 0.3) is 0 Å². The molecule has 5 heteroatoms. The predicted octanol–water partition coefficient (Wildman–Crippen LogP) is 3.17. The average molecular weight is 298 g/mol. The van der Waals surface area contributed by atoms with Crippen LogP contribution in [-0.4, -0.2) is 32.6 Å². The van der Waals surface area contributed by atoms with Gasteiger partial charge in [0, 0.05) is 35.3 Å². The van der Waals surface area contributed by atoms with Crippen molar-refractivity contribution in [2.45, 2.75) is 25.3 Å². The van der Waals surface area contributed by atoms with Gasteiger partial charge in [-0.25, -0.2) is 9.50 Å². The van der Waals surface area contributed by atoms with Crippen LogP contribution in [-0.2, 0) is 6.54 Å². The molecule has 1 aliphatic rings. The summed E-state index contributed by atoms with van der Waals surface area (Å²) in [5.41, 5.74) is 2.26. The summed E-state index contributed by atoms with van der Waals surface area (Å²) in [5.74, 6) is 0.593. The topological polar surface area (TPSA) is 33.4 Å². The van der Waals surface area contributed by atoms with Crippen LogP contribution in [0.15, 0.2) is 42.0 Å². The van der Waals surface area contributed by atoms with Crippen LogP contribution in [0.3, 0.4) is 0 Å². The molecule has 0 aliphatic carbocycles. The summed E-state index contributed by atoms with van der Waals surface area (Å²) in [6.07, 6.45) is 6.14. The number of aromatic nitrogens is 3. The Kier molecular flexibility index (Phi) is 3.45. The third kappa shape index (κ3) is 2.59. The first kappa shape index (κ1) is 13.0. The molecule has 0 saturated carbocycles. The first-order chi connectivity index (χ1) is 10.4. The molecule has 1 fully saturated rings. The highest BCUT2D eigenvalue weighted by Gasteiger charge is 2.22. The van der Waals surface area contributed by atoms with Crippen molar-refractivity contribution < 1.29 is 0 Å². The molecule has 4 nitrogen and oxygen atoms in total. The first-order valence-electron chi connectivity index (χ1n) is 7.43. The quantitative estimate of drug-likeness (QED) is 0.744. The van der Waals surface area contributed by atoms with Crippen LogP contribution < -0.4 is 0 Å². The Morgan fingerprint density at radius 1 is 1.14 bits per heavy atom. The molecule has 108 valence electrons. The van der Waals surface area contributed by atoms with Gasteiger partial charge in [0.2, 0.25) is 0 Å². The molecule has 4 rings (SSSR count). The number of hydrogen-bond acceptors (Lipinski definition) is 4. The predicted molar refractivity (Wildman–Crippen MR) is 84.6 cm³/mol. The van der Waals surface area contributed by atoms with Gasteiger partial charge < -0.3 is 0 Å². The summed E-state index contributed by atoms with van der Waals surface area (Å²) < 4.78 is 2.00. The van der Waals surface area contributed by atoms with E-state index in [9.17, 15) is 0 Å². The molecular formula is C16H18N4S. The molecular weight excluding hydrogens is 280 g/mol. The fourth-order valence-electron chi connectivity index (χ4n) is 3.17. The minimum atomic E-state index is 0.593. The lowest BCUT2D eigenvalue weighted by Gasteiger charge is -2.31. The smallest absolute Gasteiger partial charge is 0.155 e. The second-order valence-corrected chi connectivity index (χ2v) is 6.63. The van der Waals surface area contributed by atoms with E-state index in [1.807, 2.05) is 34.3 Å². The molecule has 1 saturated heterocycles. The van der Waals surface area contributed by atoms with Crippen molar-refractivity contribution in [2.24, 2.45) is 0 Å². The van der Waals surface area contributed by atoms with Gasteiger partial charge in [-0.15, -0.1) is 11.3 Å². The lowest BCUT2D eigenvalue weighted by atomic mass is 9.93. The highest BCUT2D eigenvalue weighted by atomic mass is 32.1. The summed E-state index contributed by atoms with van der Waals surface area (Å²) in [6, 6.07) is 8.46. The Hall–Kier alpha value is -1.72. The number of thiophene rings is 1. The molecule has 0 atom stereocenters. The maximum absolute atomic E-state index is 4.42. The molecule has 3 aromatic rings. The normalized spacial score (nSPS) is 17.5. The SMILES string of the molecule is c1csc(CN2CCC(c3ccnc4ccnn34)CC2)c1. The van der Waals surface area contributed by atoms with Crippen molar-refractivity contribution in [3.05, 3.63) is 52.6 Å². The van der Waals surface area contributed by atoms with E-state index in [-0.39, 0.29) is 0 Å². The standard InChI is InChI=1S/C16H18N4S/c1-2-14(21-11-1)12-19-9-5-13(6-10-19)15-3-7-17-16-4-8-18-20(15)16/h1-4,7-8,11,13H,5-6,9-10,12H2. The molecule has 0 spiro atoms. The molecule has 0 aromatic carbocycles. The number of nitrogens with zero attached hydrogens (tertiary/aromatic N) is 4. The maximum Gasteiger partial charge on any atom is 0.155 e. The van der Waals surface area contributed by atoms with Crippen molar-refractivity contribution in [3.63, 3.8) is 0 Å². The lowest BCUT2D eigenvalue weighted by Crippen LogP contribution is -2.32. The van der Waals surface area contributed by atoms with Crippen LogP contribution in [0.1, 0.15) is 29.3 Å². The van der Waals surface area contributed by atoms with Gasteiger partial charge in [-0.1, -0.05) is 6.07 Å². The third-order valence-corrected chi connectivity index (χ3v) is 5.15. The number of rotatable bonds is 3. The van der Waals surface area contributed by atoms with Crippen molar-refractivity contribution in [1.29, 1.82) is 0 Å². The number of hydrogen-bond donors (Lipinski definition) is 0. The van der Waals surface area contributed by atoms with Crippen LogP contribution in [0.2, 0.25) is 0 Å². The molecule has 4 heterocycles. The minimum Gasteiger partial charge on any atom is -0.298 e. The number of piperidine rings is 1. The molecule has 1 aliphatic heterocycles. The Morgan fingerprint density at radius 3 is 2.86 bits per heavy atom. The monoisotopic (exact) mass is 298 g/mol. The summed E-state index contributed by atoms with van der Waals surface area (Å²) in [5, 5.41) is 6.58. The second-order valence-electron chi connectivity index (χ2n) is 5.60. The van der Waals surface area contributed by atoms with Crippen LogP contribution in [0.5, 0.6) is 0 Å². The van der Waals surface area contributed by atoms with Crippen molar-refractivity contribution in [3.8, 4) is 0 Å². The second kappa shape index (κ2) is 5.58. The van der Waals surface area contributed by atoms with Gasteiger partial charge in [0.05, 0.1) is 6.20 Å². The average Bonchev–Trinajstić information content (AvgIpc) is 3.18. The van der Waals surface area contributed by atoms with Crippen molar-refractivity contribution in [2.75, 3.05) is 13.1 Å². The highest BCUT2D eigenvalue weighted by Crippen LogP contribution is 2.28. The van der Waals surface area contributed by atoms with Gasteiger partial charge in [-0.2, -0.15) is 5.10 Å². The minimum absolute atomic E-state index is 0.593. The van der Waals surface area contributed by atoms with Gasteiger partial charge in [0.1, 0.15) is 0 Å². The first-order valence-corrected chi connectivity index (χ1v) is 8.31. The highest BCUT2D eigenvalue weighted by molar-refractivity contribution is 7.09. The van der Waals surface area contributed by atoms with E-state index >= 15 is 0 Å². The van der Waals surface area contributed by atoms with E-state index in [2.05, 4.69) is 38.6 Å². The molecule has 0 bridgehead atoms. The van der Waals surface area contributed by atoms with E-state index in [0.29, 0.717) is 5.92 Å². The van der Waals surface area contributed by atoms with Gasteiger partial charge >= 0.3 is 0 Å². The van der Waals surface area contributed by atoms with Gasteiger partial charge in [-0.05, 0) is 43.4 Å². The Morgan fingerprint density at radius 2 is 2.05 bits per heavy atom. The molecule has 0 radical (unpaired) electrons. The van der Waals surface area contributed by atoms with Crippen LogP contribution in [0.25, 0.3) is 5.65 Å². The van der Waals surface area contributed by atoms with Gasteiger partial charge in [0.15, 0.2) is 5.65 Å². The van der Waals surface area contributed by atoms with Crippen LogP contribution in [0, 0.1) is 0 Å². The maximum atomic E-state index is 4.42. The molecule has 3 aromatic heterocycles. The molecule has 0 amide bonds. The summed E-state index contributed by atoms with van der Waals surface area (Å²) in [7, 11) is 0. The Balaban J connectivity index is 1.46. The summed E-state index contributed by atoms with van der Waals surface area (Å²) >= 11 is 1.85. The van der Waals surface area contributed by atoms with Gasteiger partial charge in [-0.3, -0.25) is 4.90 Å². The zero-order valence-electron chi connectivity index (χ0n) is 11.9. The fourth-order valence-corrected chi connectivity index (χ4v) is 3.92. The van der Waals surface area contributed by atoms with Crippen molar-refractivity contribution in [1.82, 2.24) is 19.5 Å². The van der Waals surface area contributed by atoms with Crippen LogP contribution in [0.4, 0.5) is 0 Å². The van der Waals surface area contributed by atoms with E-state index in [1.54, 1.807) is 0 Å². The largest absolute Gasteiger partial charge is 0.298 e. The fraction of sp³-hybridized carbons (Fsp3) is 0.375. The lowest BCUT2D eigenvalue weighted by molar-refractivity contribution is 0.204. The van der Waals surface area contributed by atoms with E-state index in [0.717, 1.165) is 25.3 Å². The molecule has 21 heavy (non-hydrogen) atoms. The zero-order chi connectivity index (χ0) is 14.1. The van der Waals surface area contributed by atoms with E-state index < -0.39 is 0 Å². The zero-order valence-corrected chi connectivity index (χ0v) is 12.7. The van der Waals surface area contributed by atoms with Crippen LogP contribution >= 0.6 is 11.3 Å². The molecule has 0 unspecified atom stereocenters. The number of fused-ring (bicyclic) bond motifs is 1. The molecule has 0 N–H and O–H groups in total. The summed E-state index contributed by atoms with van der Waals surface area (Å²) in [6.45, 7) is 3.42. The Labute approximate surface area is 128 Å². The van der Waals surface area contributed by atoms with Crippen molar-refractivity contribution >= 4 is 17.0 Å².